The lowest BCUT2D eigenvalue weighted by Gasteiger charge is -2.30. The van der Waals surface area contributed by atoms with E-state index in [0.29, 0.717) is 11.4 Å². The molecular weight excluding hydrogens is 394 g/mol. The summed E-state index contributed by atoms with van der Waals surface area (Å²) in [4.78, 5) is 29.3. The number of anilines is 1. The maximum absolute atomic E-state index is 13.2. The molecular formula is C22H19N7O2. The number of urea groups is 1. The average molecular weight is 413 g/mol. The van der Waals surface area contributed by atoms with Crippen molar-refractivity contribution in [2.45, 2.75) is 13.0 Å². The van der Waals surface area contributed by atoms with Crippen LogP contribution in [0.4, 0.5) is 10.5 Å². The van der Waals surface area contributed by atoms with Gasteiger partial charge in [-0.1, -0.05) is 12.1 Å². The first-order valence-electron chi connectivity index (χ1n) is 9.78. The SMILES string of the molecule is CC1=NC(=O)NC(c2ccc(-n3cccn3)cc2)C1C(=O)Nc1ccc2[nH]ncc2c1. The summed E-state index contributed by atoms with van der Waals surface area (Å²) < 4.78 is 1.74. The molecule has 154 valence electrons. The summed E-state index contributed by atoms with van der Waals surface area (Å²) in [5.74, 6) is -0.890. The van der Waals surface area contributed by atoms with Crippen molar-refractivity contribution in [1.82, 2.24) is 25.3 Å². The van der Waals surface area contributed by atoms with Gasteiger partial charge in [-0.15, -0.1) is 0 Å². The highest BCUT2D eigenvalue weighted by Gasteiger charge is 2.36. The number of benzene rings is 2. The van der Waals surface area contributed by atoms with Gasteiger partial charge in [-0.2, -0.15) is 10.2 Å². The number of hydrogen-bond acceptors (Lipinski definition) is 4. The predicted octanol–water partition coefficient (Wildman–Crippen LogP) is 3.23. The third-order valence-corrected chi connectivity index (χ3v) is 5.35. The number of amides is 3. The minimum Gasteiger partial charge on any atom is -0.328 e. The fraction of sp³-hybridized carbons (Fsp3) is 0.136. The molecule has 0 aliphatic carbocycles. The van der Waals surface area contributed by atoms with Crippen molar-refractivity contribution in [2.75, 3.05) is 5.32 Å². The fourth-order valence-corrected chi connectivity index (χ4v) is 3.83. The van der Waals surface area contributed by atoms with Gasteiger partial charge in [0.2, 0.25) is 5.91 Å². The molecule has 1 aliphatic heterocycles. The molecule has 3 heterocycles. The molecule has 2 atom stereocenters. The third kappa shape index (κ3) is 3.57. The van der Waals surface area contributed by atoms with Gasteiger partial charge in [-0.25, -0.2) is 14.5 Å². The van der Waals surface area contributed by atoms with Crippen LogP contribution >= 0.6 is 0 Å². The third-order valence-electron chi connectivity index (χ3n) is 5.35. The maximum atomic E-state index is 13.2. The summed E-state index contributed by atoms with van der Waals surface area (Å²) in [7, 11) is 0. The highest BCUT2D eigenvalue weighted by Crippen LogP contribution is 2.29. The van der Waals surface area contributed by atoms with E-state index >= 15 is 0 Å². The van der Waals surface area contributed by atoms with Gasteiger partial charge in [-0.3, -0.25) is 9.89 Å². The van der Waals surface area contributed by atoms with E-state index in [4.69, 9.17) is 0 Å². The zero-order valence-corrected chi connectivity index (χ0v) is 16.6. The second-order valence-electron chi connectivity index (χ2n) is 7.36. The van der Waals surface area contributed by atoms with Crippen LogP contribution in [0, 0.1) is 5.92 Å². The molecule has 2 aromatic carbocycles. The molecule has 0 fully saturated rings. The van der Waals surface area contributed by atoms with E-state index in [1.807, 2.05) is 48.7 Å². The highest BCUT2D eigenvalue weighted by atomic mass is 16.2. The van der Waals surface area contributed by atoms with Crippen molar-refractivity contribution in [1.29, 1.82) is 0 Å². The summed E-state index contributed by atoms with van der Waals surface area (Å²) in [5.41, 5.74) is 3.69. The van der Waals surface area contributed by atoms with E-state index in [1.165, 1.54) is 0 Å². The van der Waals surface area contributed by atoms with Gasteiger partial charge in [-0.05, 0) is 48.9 Å². The van der Waals surface area contributed by atoms with Crippen LogP contribution < -0.4 is 10.6 Å². The zero-order valence-electron chi connectivity index (χ0n) is 16.6. The standard InChI is InChI=1S/C22H19N7O2/c1-13-19(21(30)26-16-5-8-18-15(11-16)12-23-28-18)20(27-22(31)25-13)14-3-6-17(7-4-14)29-10-2-9-24-29/h2-12,19-20H,1H3,(H,23,28)(H,26,30)(H,27,31). The molecule has 0 bridgehead atoms. The summed E-state index contributed by atoms with van der Waals surface area (Å²) >= 11 is 0. The summed E-state index contributed by atoms with van der Waals surface area (Å²) in [6, 6.07) is 13.9. The Hall–Kier alpha value is -4.27. The molecule has 0 radical (unpaired) electrons. The lowest BCUT2D eigenvalue weighted by atomic mass is 9.87. The highest BCUT2D eigenvalue weighted by molar-refractivity contribution is 6.13. The molecule has 9 heteroatoms. The maximum Gasteiger partial charge on any atom is 0.341 e. The van der Waals surface area contributed by atoms with Crippen molar-refractivity contribution < 1.29 is 9.59 Å². The number of fused-ring (bicyclic) bond motifs is 1. The number of carbonyl (C=O) groups excluding carboxylic acids is 2. The molecule has 9 nitrogen and oxygen atoms in total. The van der Waals surface area contributed by atoms with E-state index in [-0.39, 0.29) is 5.91 Å². The number of carbonyl (C=O) groups is 2. The lowest BCUT2D eigenvalue weighted by molar-refractivity contribution is -0.118. The molecule has 0 saturated carbocycles. The molecule has 4 aromatic rings. The van der Waals surface area contributed by atoms with Crippen molar-refractivity contribution in [3.8, 4) is 5.69 Å². The quantitative estimate of drug-likeness (QED) is 0.476. The normalized spacial score (nSPS) is 18.5. The van der Waals surface area contributed by atoms with Crippen LogP contribution in [0.5, 0.6) is 0 Å². The minimum absolute atomic E-state index is 0.245. The molecule has 2 aromatic heterocycles. The first-order valence-corrected chi connectivity index (χ1v) is 9.78. The first kappa shape index (κ1) is 18.7. The lowest BCUT2D eigenvalue weighted by Crippen LogP contribution is -2.45. The van der Waals surface area contributed by atoms with Gasteiger partial charge < -0.3 is 10.6 Å². The largest absolute Gasteiger partial charge is 0.341 e. The van der Waals surface area contributed by atoms with Crippen LogP contribution in [0.25, 0.3) is 16.6 Å². The van der Waals surface area contributed by atoms with Crippen LogP contribution in [0.1, 0.15) is 18.5 Å². The smallest absolute Gasteiger partial charge is 0.328 e. The zero-order chi connectivity index (χ0) is 21.4. The van der Waals surface area contributed by atoms with E-state index in [0.717, 1.165) is 22.2 Å². The van der Waals surface area contributed by atoms with E-state index in [1.54, 1.807) is 30.1 Å². The molecule has 0 saturated heterocycles. The Morgan fingerprint density at radius 2 is 2.00 bits per heavy atom. The van der Waals surface area contributed by atoms with Crippen molar-refractivity contribution in [3.05, 3.63) is 72.7 Å². The van der Waals surface area contributed by atoms with Crippen LogP contribution in [-0.2, 0) is 4.79 Å². The van der Waals surface area contributed by atoms with Crippen LogP contribution in [0.3, 0.4) is 0 Å². The van der Waals surface area contributed by atoms with Crippen molar-refractivity contribution in [3.63, 3.8) is 0 Å². The Morgan fingerprint density at radius 1 is 1.16 bits per heavy atom. The number of hydrogen-bond donors (Lipinski definition) is 3. The molecule has 0 spiro atoms. The monoisotopic (exact) mass is 413 g/mol. The number of H-pyrrole nitrogens is 1. The van der Waals surface area contributed by atoms with Gasteiger partial charge in [0.05, 0.1) is 23.4 Å². The van der Waals surface area contributed by atoms with E-state index in [2.05, 4.69) is 30.9 Å². The summed E-state index contributed by atoms with van der Waals surface area (Å²) in [6.45, 7) is 1.70. The van der Waals surface area contributed by atoms with E-state index < -0.39 is 18.0 Å². The van der Waals surface area contributed by atoms with Gasteiger partial charge in [0.15, 0.2) is 0 Å². The Labute approximate surface area is 177 Å². The van der Waals surface area contributed by atoms with Crippen molar-refractivity contribution >= 4 is 34.2 Å². The number of rotatable bonds is 4. The fourth-order valence-electron chi connectivity index (χ4n) is 3.83. The Bertz CT molecular complexity index is 1290. The Morgan fingerprint density at radius 3 is 2.77 bits per heavy atom. The topological polar surface area (TPSA) is 117 Å². The number of aromatic nitrogens is 4. The van der Waals surface area contributed by atoms with Crippen LogP contribution in [-0.4, -0.2) is 37.6 Å². The van der Waals surface area contributed by atoms with Gasteiger partial charge in [0.25, 0.3) is 0 Å². The number of nitrogens with zero attached hydrogens (tertiary/aromatic N) is 4. The van der Waals surface area contributed by atoms with E-state index in [9.17, 15) is 9.59 Å². The second kappa shape index (κ2) is 7.52. The van der Waals surface area contributed by atoms with Gasteiger partial charge in [0, 0.05) is 29.2 Å². The number of aliphatic imine (C=N–C) groups is 1. The van der Waals surface area contributed by atoms with Gasteiger partial charge in [0.1, 0.15) is 5.92 Å². The Kier molecular flexibility index (Phi) is 4.55. The molecule has 31 heavy (non-hydrogen) atoms. The first-order chi connectivity index (χ1) is 15.1. The average Bonchev–Trinajstić information content (AvgIpc) is 3.45. The molecule has 5 rings (SSSR count). The molecule has 1 aliphatic rings. The minimum atomic E-state index is -0.645. The van der Waals surface area contributed by atoms with Gasteiger partial charge >= 0.3 is 6.03 Å². The molecule has 3 amide bonds. The second-order valence-corrected chi connectivity index (χ2v) is 7.36. The Balaban J connectivity index is 1.43. The molecule has 2 unspecified atom stereocenters. The summed E-state index contributed by atoms with van der Waals surface area (Å²) in [6.07, 6.45) is 5.25. The van der Waals surface area contributed by atoms with Crippen LogP contribution in [0.2, 0.25) is 0 Å². The number of nitrogens with one attached hydrogen (secondary N) is 3. The molecule has 3 N–H and O–H groups in total. The number of aromatic amines is 1. The van der Waals surface area contributed by atoms with Crippen LogP contribution in [0.15, 0.2) is 72.1 Å². The summed E-state index contributed by atoms with van der Waals surface area (Å²) in [5, 5.41) is 17.8. The predicted molar refractivity (Wildman–Crippen MR) is 116 cm³/mol. The van der Waals surface area contributed by atoms with Crippen molar-refractivity contribution in [2.24, 2.45) is 10.9 Å².